The summed E-state index contributed by atoms with van der Waals surface area (Å²) in [4.78, 5) is 27.4. The van der Waals surface area contributed by atoms with Gasteiger partial charge in [0.25, 0.3) is 0 Å². The van der Waals surface area contributed by atoms with Crippen LogP contribution in [0.15, 0.2) is 46.9 Å². The Hall–Kier alpha value is -2.60. The number of allylic oxidation sites excluding steroid dienone is 1. The van der Waals surface area contributed by atoms with Crippen molar-refractivity contribution in [3.05, 3.63) is 70.0 Å². The van der Waals surface area contributed by atoms with Gasteiger partial charge in [0.05, 0.1) is 6.42 Å². The molecule has 0 radical (unpaired) electrons. The van der Waals surface area contributed by atoms with E-state index in [1.54, 1.807) is 44.6 Å². The van der Waals surface area contributed by atoms with E-state index in [2.05, 4.69) is 0 Å². The third kappa shape index (κ3) is 3.83. The normalized spacial score (nSPS) is 14.0. The lowest BCUT2D eigenvalue weighted by molar-refractivity contribution is -0.127. The summed E-state index contributed by atoms with van der Waals surface area (Å²) in [6.45, 7) is 1.91. The van der Waals surface area contributed by atoms with Crippen molar-refractivity contribution in [3.63, 3.8) is 0 Å². The number of ketones is 1. The van der Waals surface area contributed by atoms with Crippen LogP contribution in [-0.4, -0.2) is 41.2 Å². The third-order valence-electron chi connectivity index (χ3n) is 5.02. The fourth-order valence-corrected chi connectivity index (χ4v) is 3.93. The molecule has 28 heavy (non-hydrogen) atoms. The summed E-state index contributed by atoms with van der Waals surface area (Å²) in [6, 6.07) is 9.19. The van der Waals surface area contributed by atoms with Gasteiger partial charge >= 0.3 is 0 Å². The average molecular weight is 399 g/mol. The maximum absolute atomic E-state index is 14.4. The van der Waals surface area contributed by atoms with Crippen LogP contribution in [0.3, 0.4) is 0 Å². The highest BCUT2D eigenvalue weighted by Crippen LogP contribution is 2.38. The second-order valence-electron chi connectivity index (χ2n) is 7.19. The summed E-state index contributed by atoms with van der Waals surface area (Å²) in [5.41, 5.74) is 3.89. The summed E-state index contributed by atoms with van der Waals surface area (Å²) >= 11 is 0. The highest BCUT2D eigenvalue weighted by atomic mass is 32.2. The molecule has 1 unspecified atom stereocenters. The lowest BCUT2D eigenvalue weighted by atomic mass is 9.93. The van der Waals surface area contributed by atoms with E-state index < -0.39 is 16.6 Å². The number of hydrogen-bond donors (Lipinski definition) is 0. The van der Waals surface area contributed by atoms with Crippen LogP contribution in [0.1, 0.15) is 40.4 Å². The summed E-state index contributed by atoms with van der Waals surface area (Å²) < 4.78 is 25.9. The van der Waals surface area contributed by atoms with Crippen LogP contribution in [0.5, 0.6) is 0 Å². The first-order valence-corrected chi connectivity index (χ1v) is 10.4. The molecule has 0 heterocycles. The predicted octanol–water partition coefficient (Wildman–Crippen LogP) is 3.60. The summed E-state index contributed by atoms with van der Waals surface area (Å²) in [5, 5.41) is 0. The van der Waals surface area contributed by atoms with Crippen LogP contribution in [0.4, 0.5) is 4.39 Å². The fraction of sp³-hybridized carbons (Fsp3) is 0.273. The molecule has 146 valence electrons. The molecular weight excluding hydrogens is 377 g/mol. The van der Waals surface area contributed by atoms with Crippen molar-refractivity contribution in [2.24, 2.45) is 0 Å². The van der Waals surface area contributed by atoms with Crippen molar-refractivity contribution >= 4 is 28.1 Å². The molecule has 4 nitrogen and oxygen atoms in total. The molecule has 2 aromatic rings. The first kappa shape index (κ1) is 20.1. The summed E-state index contributed by atoms with van der Waals surface area (Å²) in [6.07, 6.45) is 2.27. The Morgan fingerprint density at radius 1 is 1.14 bits per heavy atom. The second kappa shape index (κ2) is 7.80. The van der Waals surface area contributed by atoms with Crippen LogP contribution in [0.25, 0.3) is 5.57 Å². The van der Waals surface area contributed by atoms with Gasteiger partial charge in [-0.25, -0.2) is 4.39 Å². The molecule has 0 bridgehead atoms. The molecule has 1 amide bonds. The van der Waals surface area contributed by atoms with Crippen molar-refractivity contribution in [1.82, 2.24) is 4.90 Å². The van der Waals surface area contributed by atoms with Crippen molar-refractivity contribution < 1.29 is 18.2 Å². The van der Waals surface area contributed by atoms with Gasteiger partial charge in [-0.1, -0.05) is 5.57 Å². The standard InChI is InChI=1S/C22H22FNO3S/c1-13-9-18-19(17(13)12-21(25)24(2)3)10-15(23)11-20(18)22(26)14-5-7-16(8-6-14)28(4)27/h5-8,10-11H,9,12H2,1-4H3. The van der Waals surface area contributed by atoms with E-state index in [0.717, 1.165) is 16.7 Å². The Balaban J connectivity index is 2.01. The molecule has 2 aromatic carbocycles. The number of hydrogen-bond acceptors (Lipinski definition) is 3. The van der Waals surface area contributed by atoms with E-state index in [9.17, 15) is 18.2 Å². The Bertz CT molecular complexity index is 1020. The minimum absolute atomic E-state index is 0.0671. The Morgan fingerprint density at radius 2 is 1.79 bits per heavy atom. The molecule has 6 heteroatoms. The van der Waals surface area contributed by atoms with E-state index in [0.29, 0.717) is 28.0 Å². The van der Waals surface area contributed by atoms with Gasteiger partial charge in [-0.15, -0.1) is 0 Å². The van der Waals surface area contributed by atoms with E-state index >= 15 is 0 Å². The quantitative estimate of drug-likeness (QED) is 0.722. The Labute approximate surface area is 166 Å². The smallest absolute Gasteiger partial charge is 0.226 e. The van der Waals surface area contributed by atoms with E-state index in [1.807, 2.05) is 6.92 Å². The molecule has 0 fully saturated rings. The molecule has 1 aliphatic rings. The van der Waals surface area contributed by atoms with Gasteiger partial charge in [0.15, 0.2) is 5.78 Å². The highest BCUT2D eigenvalue weighted by Gasteiger charge is 2.27. The van der Waals surface area contributed by atoms with Crippen LogP contribution in [0, 0.1) is 5.82 Å². The van der Waals surface area contributed by atoms with Gasteiger partial charge in [0.2, 0.25) is 5.91 Å². The van der Waals surface area contributed by atoms with Crippen molar-refractivity contribution in [3.8, 4) is 0 Å². The zero-order valence-corrected chi connectivity index (χ0v) is 17.2. The van der Waals surface area contributed by atoms with E-state index in [1.165, 1.54) is 17.0 Å². The van der Waals surface area contributed by atoms with Gasteiger partial charge in [0.1, 0.15) is 5.82 Å². The lowest BCUT2D eigenvalue weighted by Gasteiger charge is -2.13. The summed E-state index contributed by atoms with van der Waals surface area (Å²) in [5.74, 6) is -0.849. The van der Waals surface area contributed by atoms with Crippen LogP contribution in [-0.2, 0) is 22.0 Å². The Kier molecular flexibility index (Phi) is 5.61. The molecule has 0 spiro atoms. The molecule has 0 saturated heterocycles. The second-order valence-corrected chi connectivity index (χ2v) is 8.57. The van der Waals surface area contributed by atoms with Crippen LogP contribution in [0.2, 0.25) is 0 Å². The largest absolute Gasteiger partial charge is 0.349 e. The van der Waals surface area contributed by atoms with E-state index in [-0.39, 0.29) is 18.1 Å². The van der Waals surface area contributed by atoms with Gasteiger partial charge in [-0.05, 0) is 66.4 Å². The first-order chi connectivity index (χ1) is 13.2. The maximum Gasteiger partial charge on any atom is 0.226 e. The van der Waals surface area contributed by atoms with Gasteiger partial charge < -0.3 is 4.90 Å². The maximum atomic E-state index is 14.4. The Morgan fingerprint density at radius 3 is 2.36 bits per heavy atom. The zero-order valence-electron chi connectivity index (χ0n) is 16.3. The minimum Gasteiger partial charge on any atom is -0.349 e. The summed E-state index contributed by atoms with van der Waals surface area (Å²) in [7, 11) is 2.23. The van der Waals surface area contributed by atoms with Crippen LogP contribution < -0.4 is 0 Å². The third-order valence-corrected chi connectivity index (χ3v) is 5.95. The van der Waals surface area contributed by atoms with E-state index in [4.69, 9.17) is 0 Å². The van der Waals surface area contributed by atoms with Gasteiger partial charge in [-0.2, -0.15) is 0 Å². The molecule has 1 atom stereocenters. The lowest BCUT2D eigenvalue weighted by Crippen LogP contribution is -2.21. The van der Waals surface area contributed by atoms with Gasteiger partial charge in [0, 0.05) is 47.2 Å². The zero-order chi connectivity index (χ0) is 20.6. The number of fused-ring (bicyclic) bond motifs is 1. The molecule has 0 saturated carbocycles. The fourth-order valence-electron chi connectivity index (χ4n) is 3.41. The number of halogens is 1. The number of rotatable bonds is 5. The number of nitrogens with zero attached hydrogens (tertiary/aromatic N) is 1. The topological polar surface area (TPSA) is 54.5 Å². The minimum atomic E-state index is -1.13. The molecule has 0 N–H and O–H groups in total. The number of carbonyl (C=O) groups excluding carboxylic acids is 2. The highest BCUT2D eigenvalue weighted by molar-refractivity contribution is 7.84. The van der Waals surface area contributed by atoms with Crippen molar-refractivity contribution in [2.75, 3.05) is 20.4 Å². The molecule has 3 rings (SSSR count). The first-order valence-electron chi connectivity index (χ1n) is 8.88. The molecule has 0 aromatic heterocycles. The average Bonchev–Trinajstić information content (AvgIpc) is 2.96. The van der Waals surface area contributed by atoms with Gasteiger partial charge in [-0.3, -0.25) is 13.8 Å². The number of amides is 1. The molecule has 0 aliphatic heterocycles. The SMILES string of the molecule is CC1=C(CC(=O)N(C)C)c2cc(F)cc(C(=O)c3ccc(S(C)=O)cc3)c2C1. The van der Waals surface area contributed by atoms with Crippen molar-refractivity contribution in [2.45, 2.75) is 24.7 Å². The molecule has 1 aliphatic carbocycles. The van der Waals surface area contributed by atoms with Crippen LogP contribution >= 0.6 is 0 Å². The number of benzene rings is 2. The molecular formula is C22H22FNO3S. The van der Waals surface area contributed by atoms with Crippen molar-refractivity contribution in [1.29, 1.82) is 0 Å². The predicted molar refractivity (Wildman–Crippen MR) is 108 cm³/mol. The monoisotopic (exact) mass is 399 g/mol. The number of carbonyl (C=O) groups is 2.